The van der Waals surface area contributed by atoms with E-state index in [9.17, 15) is 0 Å². The zero-order valence-corrected chi connectivity index (χ0v) is 14.2. The summed E-state index contributed by atoms with van der Waals surface area (Å²) in [5, 5.41) is 1.14. The quantitative estimate of drug-likeness (QED) is 0.327. The number of unbranched alkanes of at least 4 members (excludes halogenated alkanes) is 6. The monoisotopic (exact) mass is 340 g/mol. The third-order valence-corrected chi connectivity index (χ3v) is 4.08. The first-order chi connectivity index (χ1) is 9.93. The fourth-order valence-corrected chi connectivity index (χ4v) is 2.68. The molecule has 114 valence electrons. The van der Waals surface area contributed by atoms with Gasteiger partial charge in [-0.25, -0.2) is 0 Å². The van der Waals surface area contributed by atoms with Crippen LogP contribution in [-0.4, -0.2) is 18.5 Å². The van der Waals surface area contributed by atoms with Crippen molar-refractivity contribution in [3.05, 3.63) is 35.9 Å². The first kappa shape index (κ1) is 17.7. The van der Waals surface area contributed by atoms with E-state index >= 15 is 0 Å². The molecule has 2 heteroatoms. The Hall–Kier alpha value is -0.340. The summed E-state index contributed by atoms with van der Waals surface area (Å²) in [6, 6.07) is 10.8. The summed E-state index contributed by atoms with van der Waals surface area (Å²) in [4.78, 5) is 0. The molecular weight excluding hydrogens is 312 g/mol. The van der Waals surface area contributed by atoms with Crippen molar-refractivity contribution in [1.29, 1.82) is 0 Å². The number of hydrogen-bond acceptors (Lipinski definition) is 1. The van der Waals surface area contributed by atoms with Gasteiger partial charge in [0, 0.05) is 18.5 Å². The molecule has 0 radical (unpaired) electrons. The van der Waals surface area contributed by atoms with Crippen molar-refractivity contribution in [2.45, 2.75) is 57.8 Å². The van der Waals surface area contributed by atoms with Crippen molar-refractivity contribution < 1.29 is 4.74 Å². The van der Waals surface area contributed by atoms with E-state index in [0.717, 1.165) is 18.5 Å². The van der Waals surface area contributed by atoms with Gasteiger partial charge in [0.2, 0.25) is 0 Å². The molecule has 0 aliphatic carbocycles. The van der Waals surface area contributed by atoms with E-state index in [1.165, 1.54) is 63.4 Å². The molecule has 1 nitrogen and oxygen atoms in total. The predicted molar refractivity (Wildman–Crippen MR) is 91.7 cm³/mol. The summed E-state index contributed by atoms with van der Waals surface area (Å²) in [7, 11) is 0. The predicted octanol–water partition coefficient (Wildman–Crippen LogP) is 5.76. The summed E-state index contributed by atoms with van der Waals surface area (Å²) in [5.74, 6) is 0. The molecule has 0 fully saturated rings. The lowest BCUT2D eigenvalue weighted by Gasteiger charge is -2.04. The normalized spacial score (nSPS) is 10.8. The lowest BCUT2D eigenvalue weighted by atomic mass is 10.1. The van der Waals surface area contributed by atoms with Gasteiger partial charge in [-0.1, -0.05) is 71.9 Å². The number of halogens is 1. The van der Waals surface area contributed by atoms with E-state index in [1.807, 2.05) is 0 Å². The average Bonchev–Trinajstić information content (AvgIpc) is 2.49. The topological polar surface area (TPSA) is 9.23 Å². The van der Waals surface area contributed by atoms with E-state index < -0.39 is 0 Å². The van der Waals surface area contributed by atoms with Crippen LogP contribution in [0.1, 0.15) is 56.9 Å². The molecule has 0 aromatic heterocycles. The molecule has 0 atom stereocenters. The SMILES string of the molecule is BrCCCCCCOCCCCCCc1ccccc1. The van der Waals surface area contributed by atoms with Crippen LogP contribution in [0.4, 0.5) is 0 Å². The second-order valence-corrected chi connectivity index (χ2v) is 6.16. The molecule has 1 aromatic carbocycles. The maximum Gasteiger partial charge on any atom is 0.0466 e. The number of alkyl halides is 1. The van der Waals surface area contributed by atoms with Gasteiger partial charge in [-0.2, -0.15) is 0 Å². The minimum Gasteiger partial charge on any atom is -0.381 e. The molecule has 20 heavy (non-hydrogen) atoms. The molecule has 0 unspecified atom stereocenters. The van der Waals surface area contributed by atoms with Crippen LogP contribution in [0.5, 0.6) is 0 Å². The van der Waals surface area contributed by atoms with Crippen molar-refractivity contribution in [1.82, 2.24) is 0 Å². The number of hydrogen-bond donors (Lipinski definition) is 0. The average molecular weight is 341 g/mol. The Morgan fingerprint density at radius 3 is 1.95 bits per heavy atom. The Morgan fingerprint density at radius 1 is 0.700 bits per heavy atom. The van der Waals surface area contributed by atoms with Gasteiger partial charge in [0.15, 0.2) is 0 Å². The fraction of sp³-hybridized carbons (Fsp3) is 0.667. The molecule has 0 aliphatic heterocycles. The standard InChI is InChI=1S/C18H29BrO/c19-15-9-2-4-11-17-20-16-10-3-1-6-12-18-13-7-5-8-14-18/h5,7-8,13-14H,1-4,6,9-12,15-17H2. The molecule has 0 N–H and O–H groups in total. The molecule has 0 aliphatic rings. The first-order valence-electron chi connectivity index (χ1n) is 8.11. The summed E-state index contributed by atoms with van der Waals surface area (Å²) in [6.45, 7) is 1.90. The van der Waals surface area contributed by atoms with E-state index in [1.54, 1.807) is 0 Å². The molecule has 0 bridgehead atoms. The van der Waals surface area contributed by atoms with Crippen LogP contribution in [-0.2, 0) is 11.2 Å². The van der Waals surface area contributed by atoms with Crippen molar-refractivity contribution in [2.24, 2.45) is 0 Å². The van der Waals surface area contributed by atoms with Gasteiger partial charge in [-0.05, 0) is 37.7 Å². The highest BCUT2D eigenvalue weighted by Crippen LogP contribution is 2.08. The van der Waals surface area contributed by atoms with Crippen LogP contribution >= 0.6 is 15.9 Å². The van der Waals surface area contributed by atoms with E-state index in [0.29, 0.717) is 0 Å². The fourth-order valence-electron chi connectivity index (χ4n) is 2.29. The zero-order valence-electron chi connectivity index (χ0n) is 12.7. The Balaban J connectivity index is 1.77. The maximum atomic E-state index is 5.67. The van der Waals surface area contributed by atoms with Gasteiger partial charge >= 0.3 is 0 Å². The van der Waals surface area contributed by atoms with Crippen LogP contribution < -0.4 is 0 Å². The van der Waals surface area contributed by atoms with Gasteiger partial charge in [0.1, 0.15) is 0 Å². The Kier molecular flexibility index (Phi) is 12.1. The highest BCUT2D eigenvalue weighted by molar-refractivity contribution is 9.09. The van der Waals surface area contributed by atoms with Gasteiger partial charge in [0.05, 0.1) is 0 Å². The minimum atomic E-state index is 0.948. The summed E-state index contributed by atoms with van der Waals surface area (Å²) in [6.07, 6.45) is 11.5. The van der Waals surface area contributed by atoms with Crippen molar-refractivity contribution >= 4 is 15.9 Å². The summed E-state index contributed by atoms with van der Waals surface area (Å²) < 4.78 is 5.67. The van der Waals surface area contributed by atoms with Gasteiger partial charge < -0.3 is 4.74 Å². The van der Waals surface area contributed by atoms with Gasteiger partial charge in [-0.15, -0.1) is 0 Å². The lowest BCUT2D eigenvalue weighted by molar-refractivity contribution is 0.126. The number of aryl methyl sites for hydroxylation is 1. The Bertz CT molecular complexity index is 300. The third kappa shape index (κ3) is 10.4. The first-order valence-corrected chi connectivity index (χ1v) is 9.23. The molecule has 0 spiro atoms. The molecule has 0 saturated carbocycles. The van der Waals surface area contributed by atoms with Gasteiger partial charge in [-0.3, -0.25) is 0 Å². The molecular formula is C18H29BrO. The van der Waals surface area contributed by atoms with Crippen LogP contribution in [0.15, 0.2) is 30.3 Å². The number of benzene rings is 1. The smallest absolute Gasteiger partial charge is 0.0466 e. The minimum absolute atomic E-state index is 0.948. The summed E-state index contributed by atoms with van der Waals surface area (Å²) in [5.41, 5.74) is 1.47. The van der Waals surface area contributed by atoms with Crippen molar-refractivity contribution in [2.75, 3.05) is 18.5 Å². The largest absolute Gasteiger partial charge is 0.381 e. The second kappa shape index (κ2) is 13.6. The van der Waals surface area contributed by atoms with E-state index in [2.05, 4.69) is 46.3 Å². The Morgan fingerprint density at radius 2 is 1.30 bits per heavy atom. The van der Waals surface area contributed by atoms with Crippen LogP contribution in [0.3, 0.4) is 0 Å². The summed E-state index contributed by atoms with van der Waals surface area (Å²) >= 11 is 3.46. The third-order valence-electron chi connectivity index (χ3n) is 3.52. The molecule has 0 heterocycles. The highest BCUT2D eigenvalue weighted by atomic mass is 79.9. The molecule has 1 rings (SSSR count). The van der Waals surface area contributed by atoms with Crippen LogP contribution in [0.2, 0.25) is 0 Å². The van der Waals surface area contributed by atoms with E-state index in [4.69, 9.17) is 4.74 Å². The van der Waals surface area contributed by atoms with Gasteiger partial charge in [0.25, 0.3) is 0 Å². The van der Waals surface area contributed by atoms with Crippen LogP contribution in [0.25, 0.3) is 0 Å². The second-order valence-electron chi connectivity index (χ2n) is 5.37. The zero-order chi connectivity index (χ0) is 14.3. The highest BCUT2D eigenvalue weighted by Gasteiger charge is 1.94. The number of ether oxygens (including phenoxy) is 1. The Labute approximate surface area is 133 Å². The van der Waals surface area contributed by atoms with Crippen LogP contribution in [0, 0.1) is 0 Å². The molecule has 1 aromatic rings. The van der Waals surface area contributed by atoms with Crippen molar-refractivity contribution in [3.8, 4) is 0 Å². The lowest BCUT2D eigenvalue weighted by Crippen LogP contribution is -1.97. The van der Waals surface area contributed by atoms with Crippen molar-refractivity contribution in [3.63, 3.8) is 0 Å². The maximum absolute atomic E-state index is 5.67. The molecule has 0 saturated heterocycles. The molecule has 0 amide bonds. The number of rotatable bonds is 13. The van der Waals surface area contributed by atoms with E-state index in [-0.39, 0.29) is 0 Å².